The first-order chi connectivity index (χ1) is 11.7. The number of rotatable bonds is 7. The van der Waals surface area contributed by atoms with Crippen molar-refractivity contribution in [3.8, 4) is 16.2 Å². The molecule has 1 aromatic carbocycles. The number of methoxy groups -OCH3 is 1. The molecule has 0 bridgehead atoms. The van der Waals surface area contributed by atoms with Crippen LogP contribution in [-0.2, 0) is 11.3 Å². The smallest absolute Gasteiger partial charge is 0.220 e. The summed E-state index contributed by atoms with van der Waals surface area (Å²) in [4.78, 5) is 14.4. The molecule has 3 rings (SSSR count). The summed E-state index contributed by atoms with van der Waals surface area (Å²) in [5, 5.41) is 6.38. The maximum atomic E-state index is 12.0. The Hall–Kier alpha value is -1.56. The van der Waals surface area contributed by atoms with E-state index in [4.69, 9.17) is 4.74 Å². The molecular formula is C19H25ClN2O2S. The first kappa shape index (κ1) is 19.8. The average molecular weight is 381 g/mol. The van der Waals surface area contributed by atoms with Gasteiger partial charge < -0.3 is 15.4 Å². The molecule has 6 heteroatoms. The molecule has 1 unspecified atom stereocenters. The topological polar surface area (TPSA) is 50.4 Å². The van der Waals surface area contributed by atoms with Gasteiger partial charge in [0.15, 0.2) is 0 Å². The van der Waals surface area contributed by atoms with Crippen molar-refractivity contribution >= 4 is 29.7 Å². The SMILES string of the molecule is COc1ccc(-c2ccc(CNC(=O)CCC3CCNC3)s2)cc1.Cl. The molecule has 0 spiro atoms. The number of hydrogen-bond donors (Lipinski definition) is 2. The third-order valence-electron chi connectivity index (χ3n) is 4.44. The molecule has 0 saturated carbocycles. The predicted octanol–water partition coefficient (Wildman–Crippen LogP) is 3.85. The van der Waals surface area contributed by atoms with Crippen LogP contribution in [0.15, 0.2) is 36.4 Å². The van der Waals surface area contributed by atoms with E-state index in [2.05, 4.69) is 34.9 Å². The highest BCUT2D eigenvalue weighted by Gasteiger charge is 2.15. The Bertz CT molecular complexity index is 666. The quantitative estimate of drug-likeness (QED) is 0.767. The zero-order chi connectivity index (χ0) is 16.8. The zero-order valence-corrected chi connectivity index (χ0v) is 16.1. The number of carbonyl (C=O) groups excluding carboxylic acids is 1. The van der Waals surface area contributed by atoms with Crippen LogP contribution in [0, 0.1) is 5.92 Å². The highest BCUT2D eigenvalue weighted by atomic mass is 35.5. The summed E-state index contributed by atoms with van der Waals surface area (Å²) in [6, 6.07) is 12.2. The summed E-state index contributed by atoms with van der Waals surface area (Å²) < 4.78 is 5.19. The Morgan fingerprint density at radius 3 is 2.76 bits per heavy atom. The van der Waals surface area contributed by atoms with Crippen molar-refractivity contribution in [2.45, 2.75) is 25.8 Å². The summed E-state index contributed by atoms with van der Waals surface area (Å²) in [5.41, 5.74) is 1.17. The third-order valence-corrected chi connectivity index (χ3v) is 5.57. The van der Waals surface area contributed by atoms with Gasteiger partial charge in [-0.25, -0.2) is 0 Å². The summed E-state index contributed by atoms with van der Waals surface area (Å²) in [6.07, 6.45) is 2.81. The Morgan fingerprint density at radius 2 is 2.08 bits per heavy atom. The van der Waals surface area contributed by atoms with Crippen molar-refractivity contribution in [2.75, 3.05) is 20.2 Å². The lowest BCUT2D eigenvalue weighted by Gasteiger charge is -2.08. The summed E-state index contributed by atoms with van der Waals surface area (Å²) >= 11 is 1.72. The van der Waals surface area contributed by atoms with Gasteiger partial charge in [0.25, 0.3) is 0 Å². The predicted molar refractivity (Wildman–Crippen MR) is 106 cm³/mol. The van der Waals surface area contributed by atoms with Crippen molar-refractivity contribution in [1.29, 1.82) is 0 Å². The van der Waals surface area contributed by atoms with Crippen LogP contribution in [0.1, 0.15) is 24.1 Å². The zero-order valence-electron chi connectivity index (χ0n) is 14.4. The minimum absolute atomic E-state index is 0. The van der Waals surface area contributed by atoms with Crippen molar-refractivity contribution < 1.29 is 9.53 Å². The van der Waals surface area contributed by atoms with Crippen molar-refractivity contribution in [2.24, 2.45) is 5.92 Å². The molecule has 1 amide bonds. The number of carbonyl (C=O) groups is 1. The van der Waals surface area contributed by atoms with E-state index < -0.39 is 0 Å². The van der Waals surface area contributed by atoms with Crippen molar-refractivity contribution in [3.05, 3.63) is 41.3 Å². The van der Waals surface area contributed by atoms with Crippen LogP contribution < -0.4 is 15.4 Å². The molecule has 4 nitrogen and oxygen atoms in total. The van der Waals surface area contributed by atoms with Crippen LogP contribution >= 0.6 is 23.7 Å². The second-order valence-electron chi connectivity index (χ2n) is 6.17. The molecule has 0 radical (unpaired) electrons. The number of nitrogens with one attached hydrogen (secondary N) is 2. The van der Waals surface area contributed by atoms with Gasteiger partial charge in [-0.3, -0.25) is 4.79 Å². The first-order valence-corrected chi connectivity index (χ1v) is 9.27. The van der Waals surface area contributed by atoms with Crippen molar-refractivity contribution in [1.82, 2.24) is 10.6 Å². The van der Waals surface area contributed by atoms with E-state index in [0.29, 0.717) is 18.9 Å². The minimum Gasteiger partial charge on any atom is -0.497 e. The van der Waals surface area contributed by atoms with Gasteiger partial charge in [-0.15, -0.1) is 23.7 Å². The lowest BCUT2D eigenvalue weighted by molar-refractivity contribution is -0.121. The molecule has 1 aliphatic rings. The van der Waals surface area contributed by atoms with Gasteiger partial charge in [0, 0.05) is 16.2 Å². The summed E-state index contributed by atoms with van der Waals surface area (Å²) in [6.45, 7) is 2.77. The average Bonchev–Trinajstić information content (AvgIpc) is 3.30. The molecule has 0 aliphatic carbocycles. The standard InChI is InChI=1S/C19H24N2O2S.ClH/c1-23-16-5-3-15(4-6-16)18-8-7-17(24-18)13-21-19(22)9-2-14-10-11-20-12-14;/h3-8,14,20H,2,9-13H2,1H3,(H,21,22);1H. The molecule has 1 fully saturated rings. The maximum Gasteiger partial charge on any atom is 0.220 e. The summed E-state index contributed by atoms with van der Waals surface area (Å²) in [5.74, 6) is 1.68. The molecule has 1 saturated heterocycles. The largest absolute Gasteiger partial charge is 0.497 e. The van der Waals surface area contributed by atoms with Gasteiger partial charge in [0.2, 0.25) is 5.91 Å². The molecule has 2 aromatic rings. The van der Waals surface area contributed by atoms with Crippen LogP contribution in [0.2, 0.25) is 0 Å². The van der Waals surface area contributed by atoms with Crippen LogP contribution in [0.25, 0.3) is 10.4 Å². The normalized spacial score (nSPS) is 16.3. The van der Waals surface area contributed by atoms with E-state index in [1.54, 1.807) is 18.4 Å². The Labute approximate surface area is 159 Å². The number of thiophene rings is 1. The van der Waals surface area contributed by atoms with Crippen LogP contribution in [0.4, 0.5) is 0 Å². The van der Waals surface area contributed by atoms with Crippen LogP contribution in [0.3, 0.4) is 0 Å². The highest BCUT2D eigenvalue weighted by molar-refractivity contribution is 7.15. The van der Waals surface area contributed by atoms with Gasteiger partial charge in [-0.2, -0.15) is 0 Å². The van der Waals surface area contributed by atoms with E-state index in [1.165, 1.54) is 21.7 Å². The minimum atomic E-state index is 0. The lowest BCUT2D eigenvalue weighted by atomic mass is 10.0. The van der Waals surface area contributed by atoms with E-state index in [1.807, 2.05) is 12.1 Å². The molecule has 136 valence electrons. The Morgan fingerprint density at radius 1 is 1.28 bits per heavy atom. The second-order valence-corrected chi connectivity index (χ2v) is 7.34. The number of benzene rings is 1. The van der Waals surface area contributed by atoms with E-state index in [0.717, 1.165) is 25.3 Å². The van der Waals surface area contributed by atoms with E-state index in [9.17, 15) is 4.79 Å². The maximum absolute atomic E-state index is 12.0. The number of amides is 1. The number of ether oxygens (including phenoxy) is 1. The molecule has 1 aromatic heterocycles. The van der Waals surface area contributed by atoms with Gasteiger partial charge in [-0.1, -0.05) is 0 Å². The third kappa shape index (κ3) is 5.73. The monoisotopic (exact) mass is 380 g/mol. The fraction of sp³-hybridized carbons (Fsp3) is 0.421. The van der Waals surface area contributed by atoms with Crippen molar-refractivity contribution in [3.63, 3.8) is 0 Å². The number of hydrogen-bond acceptors (Lipinski definition) is 4. The lowest BCUT2D eigenvalue weighted by Crippen LogP contribution is -2.23. The van der Waals surface area contributed by atoms with Crippen LogP contribution in [-0.4, -0.2) is 26.1 Å². The highest BCUT2D eigenvalue weighted by Crippen LogP contribution is 2.29. The van der Waals surface area contributed by atoms with E-state index >= 15 is 0 Å². The molecule has 1 aliphatic heterocycles. The molecule has 25 heavy (non-hydrogen) atoms. The first-order valence-electron chi connectivity index (χ1n) is 8.45. The fourth-order valence-electron chi connectivity index (χ4n) is 2.95. The fourth-order valence-corrected chi connectivity index (χ4v) is 3.91. The molecular weight excluding hydrogens is 356 g/mol. The Balaban J connectivity index is 0.00000225. The summed E-state index contributed by atoms with van der Waals surface area (Å²) in [7, 11) is 1.67. The van der Waals surface area contributed by atoms with Crippen LogP contribution in [0.5, 0.6) is 5.75 Å². The van der Waals surface area contributed by atoms with Gasteiger partial charge in [0.1, 0.15) is 5.75 Å². The second kappa shape index (κ2) is 9.80. The molecule has 2 N–H and O–H groups in total. The van der Waals surface area contributed by atoms with Gasteiger partial charge in [0.05, 0.1) is 13.7 Å². The number of halogens is 1. The van der Waals surface area contributed by atoms with Gasteiger partial charge >= 0.3 is 0 Å². The Kier molecular flexibility index (Phi) is 7.75. The van der Waals surface area contributed by atoms with Gasteiger partial charge in [-0.05, 0) is 73.8 Å². The molecule has 2 heterocycles. The molecule has 1 atom stereocenters. The van der Waals surface area contributed by atoms with E-state index in [-0.39, 0.29) is 18.3 Å².